The zero-order valence-electron chi connectivity index (χ0n) is 12.5. The zero-order valence-corrected chi connectivity index (χ0v) is 12.5. The van der Waals surface area contributed by atoms with Crippen LogP contribution in [0.2, 0.25) is 0 Å². The molecular formula is C14H22N4O3. The summed E-state index contributed by atoms with van der Waals surface area (Å²) in [6, 6.07) is 1.47. The van der Waals surface area contributed by atoms with Crippen molar-refractivity contribution in [3.63, 3.8) is 0 Å². The smallest absolute Gasteiger partial charge is 0.329 e. The summed E-state index contributed by atoms with van der Waals surface area (Å²) in [5.74, 6) is -0.954. The Morgan fingerprint density at radius 3 is 2.67 bits per heavy atom. The van der Waals surface area contributed by atoms with Crippen molar-refractivity contribution in [3.8, 4) is 0 Å². The average Bonchev–Trinajstić information content (AvgIpc) is 3.03. The van der Waals surface area contributed by atoms with Gasteiger partial charge >= 0.3 is 12.0 Å². The number of nitrogens with one attached hydrogen (secondary N) is 2. The molecule has 1 fully saturated rings. The van der Waals surface area contributed by atoms with E-state index in [1.807, 2.05) is 24.6 Å². The SMILES string of the molecule is CCn1nc(C)cc1CNC(=O)NC1(C(=O)O)CCCC1. The van der Waals surface area contributed by atoms with Crippen molar-refractivity contribution in [2.45, 2.75) is 58.2 Å². The fourth-order valence-electron chi connectivity index (χ4n) is 2.82. The van der Waals surface area contributed by atoms with Gasteiger partial charge in [-0.2, -0.15) is 5.10 Å². The minimum absolute atomic E-state index is 0.330. The summed E-state index contributed by atoms with van der Waals surface area (Å²) < 4.78 is 1.82. The molecule has 0 aliphatic heterocycles. The van der Waals surface area contributed by atoms with Crippen molar-refractivity contribution < 1.29 is 14.7 Å². The van der Waals surface area contributed by atoms with Crippen molar-refractivity contribution in [1.29, 1.82) is 0 Å². The van der Waals surface area contributed by atoms with Crippen molar-refractivity contribution in [2.75, 3.05) is 0 Å². The Balaban J connectivity index is 1.94. The van der Waals surface area contributed by atoms with E-state index in [9.17, 15) is 14.7 Å². The van der Waals surface area contributed by atoms with Crippen LogP contribution in [0, 0.1) is 6.92 Å². The van der Waals surface area contributed by atoms with Gasteiger partial charge in [-0.3, -0.25) is 4.68 Å². The summed E-state index contributed by atoms with van der Waals surface area (Å²) in [7, 11) is 0. The number of urea groups is 1. The van der Waals surface area contributed by atoms with Crippen LogP contribution >= 0.6 is 0 Å². The number of aromatic nitrogens is 2. The van der Waals surface area contributed by atoms with E-state index in [0.717, 1.165) is 30.8 Å². The molecule has 0 unspecified atom stereocenters. The Labute approximate surface area is 123 Å². The first-order chi connectivity index (χ1) is 9.97. The lowest BCUT2D eigenvalue weighted by molar-refractivity contribution is -0.144. The molecule has 116 valence electrons. The summed E-state index contributed by atoms with van der Waals surface area (Å²) in [5, 5.41) is 19.0. The molecule has 0 radical (unpaired) electrons. The van der Waals surface area contributed by atoms with Crippen LogP contribution in [-0.2, 0) is 17.9 Å². The number of hydrogen-bond acceptors (Lipinski definition) is 3. The number of nitrogens with zero attached hydrogens (tertiary/aromatic N) is 2. The van der Waals surface area contributed by atoms with Crippen LogP contribution in [0.5, 0.6) is 0 Å². The van der Waals surface area contributed by atoms with E-state index < -0.39 is 17.5 Å². The van der Waals surface area contributed by atoms with E-state index in [2.05, 4.69) is 15.7 Å². The maximum absolute atomic E-state index is 12.0. The van der Waals surface area contributed by atoms with Gasteiger partial charge in [-0.15, -0.1) is 0 Å². The number of carboxylic acid groups (broad SMARTS) is 1. The van der Waals surface area contributed by atoms with E-state index in [1.54, 1.807) is 0 Å². The van der Waals surface area contributed by atoms with Crippen LogP contribution in [0.3, 0.4) is 0 Å². The van der Waals surface area contributed by atoms with Gasteiger partial charge in [0.2, 0.25) is 0 Å². The Kier molecular flexibility index (Phi) is 4.50. The first-order valence-corrected chi connectivity index (χ1v) is 7.29. The van der Waals surface area contributed by atoms with Crippen molar-refractivity contribution in [2.24, 2.45) is 0 Å². The molecule has 0 atom stereocenters. The summed E-state index contributed by atoms with van der Waals surface area (Å²) in [6.45, 7) is 4.93. The van der Waals surface area contributed by atoms with Crippen LogP contribution in [0.1, 0.15) is 44.0 Å². The third-order valence-corrected chi connectivity index (χ3v) is 3.93. The topological polar surface area (TPSA) is 96.3 Å². The molecule has 7 heteroatoms. The van der Waals surface area contributed by atoms with E-state index in [1.165, 1.54) is 0 Å². The fourth-order valence-corrected chi connectivity index (χ4v) is 2.82. The quantitative estimate of drug-likeness (QED) is 0.765. The fraction of sp³-hybridized carbons (Fsp3) is 0.643. The van der Waals surface area contributed by atoms with E-state index >= 15 is 0 Å². The number of rotatable bonds is 5. The molecule has 1 aromatic rings. The van der Waals surface area contributed by atoms with Crippen LogP contribution in [0.25, 0.3) is 0 Å². The predicted molar refractivity (Wildman–Crippen MR) is 76.8 cm³/mol. The van der Waals surface area contributed by atoms with Gasteiger partial charge in [0.25, 0.3) is 0 Å². The molecule has 3 N–H and O–H groups in total. The van der Waals surface area contributed by atoms with Gasteiger partial charge in [-0.25, -0.2) is 9.59 Å². The minimum atomic E-state index is -1.11. The molecule has 0 spiro atoms. The molecule has 1 heterocycles. The summed E-state index contributed by atoms with van der Waals surface area (Å²) >= 11 is 0. The molecule has 1 aromatic heterocycles. The molecule has 2 rings (SSSR count). The number of aryl methyl sites for hydroxylation is 2. The average molecular weight is 294 g/mol. The van der Waals surface area contributed by atoms with Gasteiger partial charge in [-0.1, -0.05) is 12.8 Å². The third-order valence-electron chi connectivity index (χ3n) is 3.93. The molecule has 21 heavy (non-hydrogen) atoms. The second kappa shape index (κ2) is 6.15. The molecule has 2 amide bonds. The molecule has 1 saturated carbocycles. The molecule has 0 aromatic carbocycles. The first kappa shape index (κ1) is 15.3. The van der Waals surface area contributed by atoms with Gasteiger partial charge < -0.3 is 15.7 Å². The highest BCUT2D eigenvalue weighted by molar-refractivity contribution is 5.86. The van der Waals surface area contributed by atoms with E-state index in [4.69, 9.17) is 0 Å². The number of carboxylic acids is 1. The zero-order chi connectivity index (χ0) is 15.5. The van der Waals surface area contributed by atoms with Crippen molar-refractivity contribution in [3.05, 3.63) is 17.5 Å². The molecular weight excluding hydrogens is 272 g/mol. The third kappa shape index (κ3) is 3.34. The lowest BCUT2D eigenvalue weighted by atomic mass is 9.98. The number of carbonyl (C=O) groups is 2. The summed E-state index contributed by atoms with van der Waals surface area (Å²) in [6.07, 6.45) is 2.63. The summed E-state index contributed by atoms with van der Waals surface area (Å²) in [4.78, 5) is 23.4. The molecule has 7 nitrogen and oxygen atoms in total. The van der Waals surface area contributed by atoms with Crippen LogP contribution in [0.4, 0.5) is 4.79 Å². The summed E-state index contributed by atoms with van der Waals surface area (Å²) in [5.41, 5.74) is 0.693. The standard InChI is InChI=1S/C14H22N4O3/c1-3-18-11(8-10(2)17-18)9-15-13(21)16-14(12(19)20)6-4-5-7-14/h8H,3-7,9H2,1-2H3,(H,19,20)(H2,15,16,21). The van der Waals surface area contributed by atoms with Gasteiger partial charge in [0.1, 0.15) is 5.54 Å². The highest BCUT2D eigenvalue weighted by Crippen LogP contribution is 2.29. The Hall–Kier alpha value is -2.05. The Morgan fingerprint density at radius 2 is 2.10 bits per heavy atom. The lowest BCUT2D eigenvalue weighted by Crippen LogP contribution is -2.55. The first-order valence-electron chi connectivity index (χ1n) is 7.29. The molecule has 0 saturated heterocycles. The van der Waals surface area contributed by atoms with Gasteiger partial charge in [0.05, 0.1) is 17.9 Å². The lowest BCUT2D eigenvalue weighted by Gasteiger charge is -2.25. The van der Waals surface area contributed by atoms with Crippen LogP contribution in [0.15, 0.2) is 6.07 Å². The van der Waals surface area contributed by atoms with E-state index in [0.29, 0.717) is 19.4 Å². The van der Waals surface area contributed by atoms with Gasteiger partial charge in [0, 0.05) is 6.54 Å². The highest BCUT2D eigenvalue weighted by atomic mass is 16.4. The van der Waals surface area contributed by atoms with Gasteiger partial charge in [-0.05, 0) is 32.8 Å². The van der Waals surface area contributed by atoms with Crippen LogP contribution < -0.4 is 10.6 Å². The number of amides is 2. The van der Waals surface area contributed by atoms with E-state index in [-0.39, 0.29) is 0 Å². The number of carbonyl (C=O) groups excluding carboxylic acids is 1. The normalized spacial score (nSPS) is 16.7. The largest absolute Gasteiger partial charge is 0.480 e. The second-order valence-electron chi connectivity index (χ2n) is 5.49. The Bertz CT molecular complexity index is 532. The predicted octanol–water partition coefficient (Wildman–Crippen LogP) is 1.41. The maximum atomic E-state index is 12.0. The molecule has 1 aliphatic rings. The Morgan fingerprint density at radius 1 is 1.43 bits per heavy atom. The monoisotopic (exact) mass is 294 g/mol. The minimum Gasteiger partial charge on any atom is -0.480 e. The van der Waals surface area contributed by atoms with Crippen LogP contribution in [-0.4, -0.2) is 32.4 Å². The van der Waals surface area contributed by atoms with Crippen molar-refractivity contribution >= 4 is 12.0 Å². The highest BCUT2D eigenvalue weighted by Gasteiger charge is 2.42. The number of aliphatic carboxylic acids is 1. The van der Waals surface area contributed by atoms with Gasteiger partial charge in [0.15, 0.2) is 0 Å². The second-order valence-corrected chi connectivity index (χ2v) is 5.49. The molecule has 1 aliphatic carbocycles. The number of hydrogen-bond donors (Lipinski definition) is 3. The molecule has 0 bridgehead atoms. The maximum Gasteiger partial charge on any atom is 0.329 e. The van der Waals surface area contributed by atoms with Crippen molar-refractivity contribution in [1.82, 2.24) is 20.4 Å².